The van der Waals surface area contributed by atoms with Crippen LogP contribution in [0.25, 0.3) is 0 Å². The third kappa shape index (κ3) is 3.67. The molecule has 1 saturated carbocycles. The summed E-state index contributed by atoms with van der Waals surface area (Å²) < 4.78 is 0. The van der Waals surface area contributed by atoms with Gasteiger partial charge in [0.15, 0.2) is 0 Å². The number of hydrogen-bond acceptors (Lipinski definition) is 3. The first-order valence-corrected chi connectivity index (χ1v) is 6.26. The highest BCUT2D eigenvalue weighted by Gasteiger charge is 2.39. The summed E-state index contributed by atoms with van der Waals surface area (Å²) in [6, 6.07) is 3.14. The monoisotopic (exact) mass is 263 g/mol. The smallest absolute Gasteiger partial charge is 0.319 e. The number of carboxylic acids is 1. The summed E-state index contributed by atoms with van der Waals surface area (Å²) in [7, 11) is 0. The van der Waals surface area contributed by atoms with Gasteiger partial charge in [-0.15, -0.1) is 0 Å². The second-order valence-electron chi connectivity index (χ2n) is 4.97. The Morgan fingerprint density at radius 1 is 1.42 bits per heavy atom. The van der Waals surface area contributed by atoms with Gasteiger partial charge in [0.05, 0.1) is 18.3 Å². The van der Waals surface area contributed by atoms with Gasteiger partial charge in [-0.2, -0.15) is 0 Å². The highest BCUT2D eigenvalue weighted by Crippen LogP contribution is 2.43. The summed E-state index contributed by atoms with van der Waals surface area (Å²) in [6.45, 7) is 0.394. The molecule has 1 aromatic rings. The Morgan fingerprint density at radius 3 is 2.74 bits per heavy atom. The maximum Gasteiger partial charge on any atom is 0.319 e. The van der Waals surface area contributed by atoms with E-state index in [9.17, 15) is 9.59 Å². The number of aliphatic carboxylic acids is 1. The lowest BCUT2D eigenvalue weighted by Gasteiger charge is -2.40. The summed E-state index contributed by atoms with van der Waals surface area (Å²) in [5.41, 5.74) is 0.346. The summed E-state index contributed by atoms with van der Waals surface area (Å²) in [5.74, 6) is -0.811. The van der Waals surface area contributed by atoms with Gasteiger partial charge in [-0.25, -0.2) is 4.79 Å². The van der Waals surface area contributed by atoms with Gasteiger partial charge in [-0.05, 0) is 30.4 Å². The number of urea groups is 1. The van der Waals surface area contributed by atoms with Crippen LogP contribution in [0.5, 0.6) is 0 Å². The lowest BCUT2D eigenvalue weighted by atomic mass is 9.66. The molecule has 0 spiro atoms. The minimum absolute atomic E-state index is 0.111. The Morgan fingerprint density at radius 2 is 2.21 bits per heavy atom. The quantitative estimate of drug-likeness (QED) is 0.756. The molecule has 1 aliphatic rings. The number of carboxylic acid groups (broad SMARTS) is 1. The van der Waals surface area contributed by atoms with Gasteiger partial charge in [0.25, 0.3) is 0 Å². The summed E-state index contributed by atoms with van der Waals surface area (Å²) in [4.78, 5) is 26.4. The van der Waals surface area contributed by atoms with Crippen molar-refractivity contribution in [1.29, 1.82) is 0 Å². The van der Waals surface area contributed by atoms with Crippen molar-refractivity contribution in [2.24, 2.45) is 5.41 Å². The first-order valence-electron chi connectivity index (χ1n) is 6.26. The van der Waals surface area contributed by atoms with Crippen LogP contribution in [0.1, 0.15) is 25.7 Å². The van der Waals surface area contributed by atoms with Gasteiger partial charge >= 0.3 is 12.0 Å². The predicted molar refractivity (Wildman–Crippen MR) is 69.8 cm³/mol. The van der Waals surface area contributed by atoms with Crippen LogP contribution in [0, 0.1) is 5.41 Å². The fourth-order valence-corrected chi connectivity index (χ4v) is 2.29. The van der Waals surface area contributed by atoms with E-state index >= 15 is 0 Å². The molecular weight excluding hydrogens is 246 g/mol. The highest BCUT2D eigenvalue weighted by molar-refractivity contribution is 5.89. The fourth-order valence-electron chi connectivity index (χ4n) is 2.29. The van der Waals surface area contributed by atoms with Crippen LogP contribution >= 0.6 is 0 Å². The minimum atomic E-state index is -0.811. The average molecular weight is 263 g/mol. The number of anilines is 1. The van der Waals surface area contributed by atoms with Crippen LogP contribution in [0.2, 0.25) is 0 Å². The van der Waals surface area contributed by atoms with Gasteiger partial charge in [-0.1, -0.05) is 6.42 Å². The van der Waals surface area contributed by atoms with Crippen LogP contribution < -0.4 is 10.6 Å². The van der Waals surface area contributed by atoms with Crippen molar-refractivity contribution in [3.05, 3.63) is 24.5 Å². The van der Waals surface area contributed by atoms with Gasteiger partial charge in [0.2, 0.25) is 0 Å². The second kappa shape index (κ2) is 5.69. The zero-order valence-corrected chi connectivity index (χ0v) is 10.6. The molecule has 102 valence electrons. The van der Waals surface area contributed by atoms with E-state index in [0.29, 0.717) is 12.2 Å². The van der Waals surface area contributed by atoms with Crippen molar-refractivity contribution in [2.75, 3.05) is 11.9 Å². The zero-order valence-electron chi connectivity index (χ0n) is 10.6. The number of carbonyl (C=O) groups excluding carboxylic acids is 1. The first-order chi connectivity index (χ1) is 9.10. The number of aromatic nitrogens is 1. The molecule has 19 heavy (non-hydrogen) atoms. The SMILES string of the molecule is O=C(O)CC1(CNC(=O)Nc2cccnc2)CCC1. The van der Waals surface area contributed by atoms with E-state index in [-0.39, 0.29) is 17.9 Å². The Kier molecular flexibility index (Phi) is 3.99. The molecule has 6 heteroatoms. The molecule has 0 radical (unpaired) electrons. The molecule has 0 bridgehead atoms. The third-order valence-corrected chi connectivity index (χ3v) is 3.48. The van der Waals surface area contributed by atoms with Crippen molar-refractivity contribution in [3.63, 3.8) is 0 Å². The molecule has 1 aliphatic carbocycles. The Hall–Kier alpha value is -2.11. The Labute approximate surface area is 111 Å². The zero-order chi connectivity index (χ0) is 13.7. The molecule has 2 amide bonds. The Bertz CT molecular complexity index is 457. The topological polar surface area (TPSA) is 91.3 Å². The van der Waals surface area contributed by atoms with Crippen molar-refractivity contribution < 1.29 is 14.7 Å². The van der Waals surface area contributed by atoms with E-state index in [1.807, 2.05) is 0 Å². The van der Waals surface area contributed by atoms with Gasteiger partial charge < -0.3 is 15.7 Å². The van der Waals surface area contributed by atoms with Crippen LogP contribution in [-0.4, -0.2) is 28.6 Å². The van der Waals surface area contributed by atoms with Crippen LogP contribution in [0.4, 0.5) is 10.5 Å². The summed E-state index contributed by atoms with van der Waals surface area (Å²) >= 11 is 0. The number of amides is 2. The van der Waals surface area contributed by atoms with Crippen LogP contribution in [-0.2, 0) is 4.79 Å². The molecule has 0 aromatic carbocycles. The predicted octanol–water partition coefficient (Wildman–Crippen LogP) is 1.85. The number of pyridine rings is 1. The van der Waals surface area contributed by atoms with Crippen molar-refractivity contribution in [1.82, 2.24) is 10.3 Å². The molecule has 1 heterocycles. The molecule has 6 nitrogen and oxygen atoms in total. The van der Waals surface area contributed by atoms with Gasteiger partial charge in [0.1, 0.15) is 0 Å². The fraction of sp³-hybridized carbons (Fsp3) is 0.462. The summed E-state index contributed by atoms with van der Waals surface area (Å²) in [6.07, 6.45) is 6.02. The number of nitrogens with zero attached hydrogens (tertiary/aromatic N) is 1. The van der Waals surface area contributed by atoms with E-state index < -0.39 is 5.97 Å². The molecule has 2 rings (SSSR count). The standard InChI is InChI=1S/C13H17N3O3/c17-11(18)7-13(4-2-5-13)9-15-12(19)16-10-3-1-6-14-8-10/h1,3,6,8H,2,4-5,7,9H2,(H,17,18)(H2,15,16,19). The molecule has 0 unspecified atom stereocenters. The van der Waals surface area contributed by atoms with E-state index in [4.69, 9.17) is 5.11 Å². The van der Waals surface area contributed by atoms with E-state index in [2.05, 4.69) is 15.6 Å². The van der Waals surface area contributed by atoms with Gasteiger partial charge in [-0.3, -0.25) is 9.78 Å². The molecule has 0 atom stereocenters. The summed E-state index contributed by atoms with van der Waals surface area (Å²) in [5, 5.41) is 14.3. The van der Waals surface area contributed by atoms with Crippen LogP contribution in [0.15, 0.2) is 24.5 Å². The van der Waals surface area contributed by atoms with E-state index in [1.54, 1.807) is 24.5 Å². The largest absolute Gasteiger partial charge is 0.481 e. The lowest BCUT2D eigenvalue weighted by Crippen LogP contribution is -2.44. The molecular formula is C13H17N3O3. The van der Waals surface area contributed by atoms with Crippen molar-refractivity contribution >= 4 is 17.7 Å². The number of carbonyl (C=O) groups is 2. The first kappa shape index (κ1) is 13.3. The minimum Gasteiger partial charge on any atom is -0.481 e. The third-order valence-electron chi connectivity index (χ3n) is 3.48. The van der Waals surface area contributed by atoms with Crippen LogP contribution in [0.3, 0.4) is 0 Å². The molecule has 3 N–H and O–H groups in total. The lowest BCUT2D eigenvalue weighted by molar-refractivity contribution is -0.141. The molecule has 1 aromatic heterocycles. The van der Waals surface area contributed by atoms with E-state index in [0.717, 1.165) is 19.3 Å². The molecule has 0 aliphatic heterocycles. The normalized spacial score (nSPS) is 16.2. The molecule has 1 fully saturated rings. The Balaban J connectivity index is 1.81. The number of rotatable bonds is 5. The maximum absolute atomic E-state index is 11.7. The van der Waals surface area contributed by atoms with E-state index in [1.165, 1.54) is 0 Å². The van der Waals surface area contributed by atoms with Crippen molar-refractivity contribution in [2.45, 2.75) is 25.7 Å². The second-order valence-corrected chi connectivity index (χ2v) is 4.97. The highest BCUT2D eigenvalue weighted by atomic mass is 16.4. The van der Waals surface area contributed by atoms with Crippen molar-refractivity contribution in [3.8, 4) is 0 Å². The van der Waals surface area contributed by atoms with Gasteiger partial charge in [0, 0.05) is 12.7 Å². The number of hydrogen-bond donors (Lipinski definition) is 3. The average Bonchev–Trinajstić information content (AvgIpc) is 2.33. The molecule has 0 saturated heterocycles. The maximum atomic E-state index is 11.7. The number of nitrogens with one attached hydrogen (secondary N) is 2.